The average molecular weight is 350 g/mol. The lowest BCUT2D eigenvalue weighted by Gasteiger charge is -2.17. The molecule has 0 spiro atoms. The maximum absolute atomic E-state index is 12.1. The minimum absolute atomic E-state index is 0.0546. The molecule has 1 aliphatic rings. The number of alkyl carbamates (subject to hydrolysis) is 1. The van der Waals surface area contributed by atoms with Crippen LogP contribution < -0.4 is 5.32 Å². The number of fused-ring (bicyclic) bond motifs is 3. The molecule has 0 unspecified atom stereocenters. The van der Waals surface area contributed by atoms with Gasteiger partial charge in [0.25, 0.3) is 0 Å². The van der Waals surface area contributed by atoms with Gasteiger partial charge in [0, 0.05) is 10.8 Å². The number of ether oxygens (including phenoxy) is 1. The van der Waals surface area contributed by atoms with Gasteiger partial charge in [0.2, 0.25) is 0 Å². The van der Waals surface area contributed by atoms with Crippen LogP contribution in [0.3, 0.4) is 0 Å². The van der Waals surface area contributed by atoms with Crippen molar-refractivity contribution in [3.8, 4) is 11.1 Å². The van der Waals surface area contributed by atoms with Gasteiger partial charge in [0.05, 0.1) is 12.6 Å². The number of rotatable bonds is 6. The summed E-state index contributed by atoms with van der Waals surface area (Å²) in [5.41, 5.74) is 12.9. The number of hydrogen-bond acceptors (Lipinski definition) is 4. The van der Waals surface area contributed by atoms with Crippen LogP contribution in [0.1, 0.15) is 24.0 Å². The molecule has 0 aliphatic heterocycles. The Morgan fingerprint density at radius 2 is 1.73 bits per heavy atom. The van der Waals surface area contributed by atoms with E-state index in [2.05, 4.69) is 27.5 Å². The maximum atomic E-state index is 12.1. The van der Waals surface area contributed by atoms with Gasteiger partial charge in [-0.15, -0.1) is 0 Å². The fourth-order valence-electron chi connectivity index (χ4n) is 3.18. The Labute approximate surface area is 150 Å². The second-order valence-corrected chi connectivity index (χ2v) is 6.05. The van der Waals surface area contributed by atoms with Crippen LogP contribution in [0.4, 0.5) is 4.79 Å². The monoisotopic (exact) mass is 350 g/mol. The maximum Gasteiger partial charge on any atom is 0.407 e. The van der Waals surface area contributed by atoms with Gasteiger partial charge >= 0.3 is 6.09 Å². The summed E-state index contributed by atoms with van der Waals surface area (Å²) in [4.78, 5) is 26.2. The molecule has 0 aromatic heterocycles. The molecule has 1 N–H and O–H groups in total. The largest absolute Gasteiger partial charge is 0.449 e. The van der Waals surface area contributed by atoms with E-state index in [0.29, 0.717) is 0 Å². The van der Waals surface area contributed by atoms with E-state index in [0.717, 1.165) is 22.3 Å². The van der Waals surface area contributed by atoms with Crippen molar-refractivity contribution in [3.05, 3.63) is 70.1 Å². The zero-order chi connectivity index (χ0) is 18.5. The smallest absolute Gasteiger partial charge is 0.407 e. The number of ketones is 1. The molecule has 0 heterocycles. The Morgan fingerprint density at radius 3 is 2.27 bits per heavy atom. The lowest BCUT2D eigenvalue weighted by Crippen LogP contribution is -2.42. The van der Waals surface area contributed by atoms with Crippen LogP contribution in [0, 0.1) is 0 Å². The van der Waals surface area contributed by atoms with Crippen LogP contribution in [0.2, 0.25) is 0 Å². The summed E-state index contributed by atoms with van der Waals surface area (Å²) >= 11 is 0. The van der Waals surface area contributed by atoms with Crippen LogP contribution in [0.25, 0.3) is 21.6 Å². The molecule has 0 fully saturated rings. The Kier molecular flexibility index (Phi) is 5.20. The number of azide groups is 1. The van der Waals surface area contributed by atoms with Gasteiger partial charge in [-0.2, -0.15) is 0 Å². The highest BCUT2D eigenvalue weighted by Crippen LogP contribution is 2.44. The van der Waals surface area contributed by atoms with Crippen LogP contribution in [-0.4, -0.2) is 31.1 Å². The highest BCUT2D eigenvalue weighted by Gasteiger charge is 2.29. The van der Waals surface area contributed by atoms with Gasteiger partial charge in [-0.25, -0.2) is 4.79 Å². The van der Waals surface area contributed by atoms with E-state index in [-0.39, 0.29) is 24.9 Å². The summed E-state index contributed by atoms with van der Waals surface area (Å²) in [6.45, 7) is 1.34. The van der Waals surface area contributed by atoms with Crippen molar-refractivity contribution in [3.63, 3.8) is 0 Å². The van der Waals surface area contributed by atoms with E-state index in [1.165, 1.54) is 6.92 Å². The summed E-state index contributed by atoms with van der Waals surface area (Å²) in [6.07, 6.45) is -0.708. The average Bonchev–Trinajstić information content (AvgIpc) is 2.97. The predicted molar refractivity (Wildman–Crippen MR) is 96.7 cm³/mol. The fraction of sp³-hybridized carbons (Fsp3) is 0.263. The molecule has 1 amide bonds. The number of carbonyl (C=O) groups is 2. The van der Waals surface area contributed by atoms with Crippen molar-refractivity contribution >= 4 is 11.9 Å². The van der Waals surface area contributed by atoms with Crippen molar-refractivity contribution in [1.29, 1.82) is 0 Å². The topological polar surface area (TPSA) is 104 Å². The molecule has 2 aromatic rings. The molecule has 0 saturated heterocycles. The molecule has 3 rings (SSSR count). The third-order valence-corrected chi connectivity index (χ3v) is 4.45. The van der Waals surface area contributed by atoms with E-state index in [4.69, 9.17) is 10.3 Å². The number of carbonyl (C=O) groups excluding carboxylic acids is 2. The van der Waals surface area contributed by atoms with Gasteiger partial charge in [-0.1, -0.05) is 53.6 Å². The Bertz CT molecular complexity index is 844. The lowest BCUT2D eigenvalue weighted by atomic mass is 9.98. The van der Waals surface area contributed by atoms with Crippen LogP contribution in [-0.2, 0) is 9.53 Å². The van der Waals surface area contributed by atoms with Gasteiger partial charge in [0.15, 0.2) is 5.78 Å². The third kappa shape index (κ3) is 3.53. The summed E-state index contributed by atoms with van der Waals surface area (Å²) < 4.78 is 5.36. The highest BCUT2D eigenvalue weighted by atomic mass is 16.5. The second-order valence-electron chi connectivity index (χ2n) is 6.05. The number of nitrogens with one attached hydrogen (secondary N) is 1. The third-order valence-electron chi connectivity index (χ3n) is 4.45. The Morgan fingerprint density at radius 1 is 1.15 bits per heavy atom. The number of amides is 1. The summed E-state index contributed by atoms with van der Waals surface area (Å²) in [6, 6.07) is 15.2. The molecule has 2 aromatic carbocycles. The lowest BCUT2D eigenvalue weighted by molar-refractivity contribution is -0.118. The van der Waals surface area contributed by atoms with Gasteiger partial charge < -0.3 is 10.1 Å². The first-order valence-electron chi connectivity index (χ1n) is 8.24. The molecule has 1 aliphatic carbocycles. The summed E-state index contributed by atoms with van der Waals surface area (Å²) in [5, 5.41) is 5.78. The first kappa shape index (κ1) is 17.5. The van der Waals surface area contributed by atoms with E-state index >= 15 is 0 Å². The van der Waals surface area contributed by atoms with Crippen molar-refractivity contribution in [2.24, 2.45) is 5.11 Å². The SMILES string of the molecule is CC(=O)[C@H](CN=[N+]=[N-])NC(=O)OCC1c2ccccc2-c2ccccc21. The van der Waals surface area contributed by atoms with Crippen LogP contribution >= 0.6 is 0 Å². The standard InChI is InChI=1S/C19H18N4O3/c1-12(24)18(10-21-23-20)22-19(25)26-11-17-15-8-4-2-6-13(15)14-7-3-5-9-16(14)17/h2-9,17-18H,10-11H2,1H3,(H,22,25)/t18-/m0/s1. The molecule has 132 valence electrons. The Hall–Kier alpha value is -3.31. The zero-order valence-corrected chi connectivity index (χ0v) is 14.3. The summed E-state index contributed by atoms with van der Waals surface area (Å²) in [5.74, 6) is -0.355. The zero-order valence-electron chi connectivity index (χ0n) is 14.3. The van der Waals surface area contributed by atoms with Crippen LogP contribution in [0.15, 0.2) is 53.6 Å². The van der Waals surface area contributed by atoms with E-state index in [9.17, 15) is 9.59 Å². The second kappa shape index (κ2) is 7.72. The first-order valence-corrected chi connectivity index (χ1v) is 8.24. The normalized spacial score (nSPS) is 13.1. The molecular formula is C19H18N4O3. The van der Waals surface area contributed by atoms with Crippen molar-refractivity contribution in [2.45, 2.75) is 18.9 Å². The number of hydrogen-bond donors (Lipinski definition) is 1. The van der Waals surface area contributed by atoms with E-state index < -0.39 is 12.1 Å². The number of Topliss-reactive ketones (excluding diaryl/α,β-unsaturated/α-hetero) is 1. The Balaban J connectivity index is 1.70. The van der Waals surface area contributed by atoms with Crippen molar-refractivity contribution < 1.29 is 14.3 Å². The molecule has 1 atom stereocenters. The minimum atomic E-state index is -0.887. The highest BCUT2D eigenvalue weighted by molar-refractivity contribution is 5.85. The minimum Gasteiger partial charge on any atom is -0.449 e. The molecule has 0 saturated carbocycles. The van der Waals surface area contributed by atoms with Crippen LogP contribution in [0.5, 0.6) is 0 Å². The molecule has 0 radical (unpaired) electrons. The molecular weight excluding hydrogens is 332 g/mol. The quantitative estimate of drug-likeness (QED) is 0.487. The first-order chi connectivity index (χ1) is 12.6. The van der Waals surface area contributed by atoms with Gasteiger partial charge in [-0.3, -0.25) is 4.79 Å². The fourth-order valence-corrected chi connectivity index (χ4v) is 3.18. The van der Waals surface area contributed by atoms with Gasteiger partial charge in [0.1, 0.15) is 6.61 Å². The van der Waals surface area contributed by atoms with Crippen molar-refractivity contribution in [1.82, 2.24) is 5.32 Å². The van der Waals surface area contributed by atoms with E-state index in [1.54, 1.807) is 0 Å². The number of nitrogens with zero attached hydrogens (tertiary/aromatic N) is 3. The molecule has 26 heavy (non-hydrogen) atoms. The molecule has 0 bridgehead atoms. The van der Waals surface area contributed by atoms with Crippen molar-refractivity contribution in [2.75, 3.05) is 13.2 Å². The molecule has 7 heteroatoms. The molecule has 7 nitrogen and oxygen atoms in total. The van der Waals surface area contributed by atoms with Gasteiger partial charge in [-0.05, 0) is 34.7 Å². The summed E-state index contributed by atoms with van der Waals surface area (Å²) in [7, 11) is 0. The van der Waals surface area contributed by atoms with E-state index in [1.807, 2.05) is 36.4 Å². The predicted octanol–water partition coefficient (Wildman–Crippen LogP) is 3.79. The number of benzene rings is 2.